The number of hydrogen-bond acceptors (Lipinski definition) is 4. The molecule has 0 fully saturated rings. The van der Waals surface area contributed by atoms with Crippen LogP contribution >= 0.6 is 15.9 Å². The van der Waals surface area contributed by atoms with Gasteiger partial charge in [0, 0.05) is 47.5 Å². The van der Waals surface area contributed by atoms with E-state index in [1.165, 1.54) is 5.69 Å². The quantitative estimate of drug-likeness (QED) is 0.648. The molecule has 0 aliphatic carbocycles. The number of ether oxygens (including phenoxy) is 2. The third-order valence-corrected chi connectivity index (χ3v) is 4.10. The monoisotopic (exact) mass is 333 g/mol. The molecule has 6 heteroatoms. The summed E-state index contributed by atoms with van der Waals surface area (Å²) >= 11 is 3.61. The van der Waals surface area contributed by atoms with E-state index in [0.29, 0.717) is 0 Å². The van der Waals surface area contributed by atoms with Crippen molar-refractivity contribution < 1.29 is 9.47 Å². The number of nitrogens with zero attached hydrogens (tertiary/aromatic N) is 3. The molecule has 0 unspecified atom stereocenters. The van der Waals surface area contributed by atoms with Crippen molar-refractivity contribution in [1.29, 1.82) is 0 Å². The maximum atomic E-state index is 5.17. The molecule has 1 rings (SSSR count). The number of rotatable bonds is 9. The van der Waals surface area contributed by atoms with E-state index in [2.05, 4.69) is 25.9 Å². The Kier molecular flexibility index (Phi) is 7.60. The number of hydrogen-bond donors (Lipinski definition) is 0. The van der Waals surface area contributed by atoms with Gasteiger partial charge in [-0.1, -0.05) is 0 Å². The summed E-state index contributed by atoms with van der Waals surface area (Å²) in [5, 5.41) is 4.43. The maximum Gasteiger partial charge on any atom is 0.0739 e. The fourth-order valence-electron chi connectivity index (χ4n) is 1.99. The van der Waals surface area contributed by atoms with Gasteiger partial charge in [0.15, 0.2) is 0 Å². The molecule has 0 aliphatic heterocycles. The molecule has 19 heavy (non-hydrogen) atoms. The van der Waals surface area contributed by atoms with Gasteiger partial charge in [-0.15, -0.1) is 0 Å². The fourth-order valence-corrected chi connectivity index (χ4v) is 2.45. The van der Waals surface area contributed by atoms with Crippen molar-refractivity contribution in [2.75, 3.05) is 40.5 Å². The van der Waals surface area contributed by atoms with Gasteiger partial charge in [0.2, 0.25) is 0 Å². The lowest BCUT2D eigenvalue weighted by Gasteiger charge is -2.22. The molecule has 0 aromatic carbocycles. The van der Waals surface area contributed by atoms with E-state index in [1.54, 1.807) is 14.2 Å². The Labute approximate surface area is 124 Å². The van der Waals surface area contributed by atoms with Gasteiger partial charge in [0.25, 0.3) is 0 Å². The minimum Gasteiger partial charge on any atom is -0.385 e. The van der Waals surface area contributed by atoms with Gasteiger partial charge in [-0.25, -0.2) is 0 Å². The van der Waals surface area contributed by atoms with E-state index in [1.807, 2.05) is 18.7 Å². The van der Waals surface area contributed by atoms with Gasteiger partial charge in [-0.2, -0.15) is 5.10 Å². The molecule has 0 radical (unpaired) electrons. The number of methoxy groups -OCH3 is 2. The lowest BCUT2D eigenvalue weighted by Crippen LogP contribution is -2.29. The van der Waals surface area contributed by atoms with Crippen molar-refractivity contribution in [2.45, 2.75) is 19.9 Å². The van der Waals surface area contributed by atoms with Crippen LogP contribution in [0.3, 0.4) is 0 Å². The lowest BCUT2D eigenvalue weighted by atomic mass is 10.3. The van der Waals surface area contributed by atoms with Crippen molar-refractivity contribution >= 4 is 15.9 Å². The number of aromatic nitrogens is 2. The topological polar surface area (TPSA) is 39.5 Å². The number of halogens is 1. The van der Waals surface area contributed by atoms with Gasteiger partial charge < -0.3 is 9.47 Å². The summed E-state index contributed by atoms with van der Waals surface area (Å²) in [4.78, 5) is 2.36. The molecule has 0 amide bonds. The van der Waals surface area contributed by atoms with Crippen molar-refractivity contribution in [1.82, 2.24) is 14.7 Å². The van der Waals surface area contributed by atoms with Crippen LogP contribution in [0.1, 0.15) is 17.8 Å². The van der Waals surface area contributed by atoms with Crippen LogP contribution in [0.25, 0.3) is 0 Å². The second-order valence-corrected chi connectivity index (χ2v) is 5.38. The van der Waals surface area contributed by atoms with Crippen LogP contribution < -0.4 is 0 Å². The zero-order valence-corrected chi connectivity index (χ0v) is 13.9. The molecule has 0 aliphatic rings. The van der Waals surface area contributed by atoms with E-state index in [4.69, 9.17) is 9.47 Å². The van der Waals surface area contributed by atoms with E-state index < -0.39 is 0 Å². The number of aryl methyl sites for hydroxylation is 2. The van der Waals surface area contributed by atoms with E-state index >= 15 is 0 Å². The SMILES string of the molecule is COCCCN(CCOC)Cc1c(Br)c(C)nn1C. The maximum absolute atomic E-state index is 5.17. The zero-order chi connectivity index (χ0) is 14.3. The summed E-state index contributed by atoms with van der Waals surface area (Å²) in [7, 11) is 5.45. The molecule has 1 aromatic rings. The highest BCUT2D eigenvalue weighted by atomic mass is 79.9. The Bertz CT molecular complexity index is 382. The third kappa shape index (κ3) is 5.22. The zero-order valence-electron chi connectivity index (χ0n) is 12.3. The van der Waals surface area contributed by atoms with Crippen molar-refractivity contribution in [3.05, 3.63) is 15.9 Å². The molecular weight excluding hydrogens is 310 g/mol. The van der Waals surface area contributed by atoms with Crippen LogP contribution in [0.15, 0.2) is 4.47 Å². The van der Waals surface area contributed by atoms with Crippen molar-refractivity contribution in [3.8, 4) is 0 Å². The summed E-state index contributed by atoms with van der Waals surface area (Å²) in [6.45, 7) is 6.31. The molecule has 0 N–H and O–H groups in total. The molecule has 1 heterocycles. The van der Waals surface area contributed by atoms with Crippen LogP contribution in [-0.4, -0.2) is 55.2 Å². The predicted molar refractivity (Wildman–Crippen MR) is 79.3 cm³/mol. The second-order valence-electron chi connectivity index (χ2n) is 4.58. The first kappa shape index (κ1) is 16.6. The van der Waals surface area contributed by atoms with Gasteiger partial charge in [0.05, 0.1) is 22.5 Å². The Morgan fingerprint density at radius 1 is 1.21 bits per heavy atom. The van der Waals surface area contributed by atoms with Gasteiger partial charge in [0.1, 0.15) is 0 Å². The molecule has 110 valence electrons. The highest BCUT2D eigenvalue weighted by Crippen LogP contribution is 2.21. The standard InChI is InChI=1S/C13H24BrN3O2/c1-11-13(14)12(16(2)15-11)10-17(7-9-19-4)6-5-8-18-3/h5-10H2,1-4H3. The van der Waals surface area contributed by atoms with Crippen LogP contribution in [-0.2, 0) is 23.1 Å². The Hall–Kier alpha value is -0.430. The van der Waals surface area contributed by atoms with E-state index in [0.717, 1.165) is 49.4 Å². The molecular formula is C13H24BrN3O2. The predicted octanol–water partition coefficient (Wildman–Crippen LogP) is 1.98. The largest absolute Gasteiger partial charge is 0.385 e. The third-order valence-electron chi connectivity index (χ3n) is 3.07. The lowest BCUT2D eigenvalue weighted by molar-refractivity contribution is 0.127. The summed E-state index contributed by atoms with van der Waals surface area (Å²) < 4.78 is 13.3. The summed E-state index contributed by atoms with van der Waals surface area (Å²) in [6.07, 6.45) is 1.02. The highest BCUT2D eigenvalue weighted by Gasteiger charge is 2.14. The minimum atomic E-state index is 0.738. The summed E-state index contributed by atoms with van der Waals surface area (Å²) in [5.41, 5.74) is 2.23. The summed E-state index contributed by atoms with van der Waals surface area (Å²) in [6, 6.07) is 0. The van der Waals surface area contributed by atoms with E-state index in [9.17, 15) is 0 Å². The average molecular weight is 334 g/mol. The van der Waals surface area contributed by atoms with Crippen molar-refractivity contribution in [3.63, 3.8) is 0 Å². The molecule has 0 saturated carbocycles. The normalized spacial score (nSPS) is 11.5. The molecule has 5 nitrogen and oxygen atoms in total. The second kappa shape index (κ2) is 8.68. The van der Waals surface area contributed by atoms with Crippen LogP contribution in [0.5, 0.6) is 0 Å². The van der Waals surface area contributed by atoms with Gasteiger partial charge in [-0.3, -0.25) is 9.58 Å². The Balaban J connectivity index is 2.64. The van der Waals surface area contributed by atoms with Crippen LogP contribution in [0.2, 0.25) is 0 Å². The van der Waals surface area contributed by atoms with Gasteiger partial charge >= 0.3 is 0 Å². The van der Waals surface area contributed by atoms with Gasteiger partial charge in [-0.05, 0) is 29.3 Å². The smallest absolute Gasteiger partial charge is 0.0739 e. The Morgan fingerprint density at radius 2 is 1.89 bits per heavy atom. The highest BCUT2D eigenvalue weighted by molar-refractivity contribution is 9.10. The van der Waals surface area contributed by atoms with Crippen molar-refractivity contribution in [2.24, 2.45) is 7.05 Å². The fraction of sp³-hybridized carbons (Fsp3) is 0.769. The molecule has 0 spiro atoms. The first-order valence-corrected chi connectivity index (χ1v) is 7.27. The van der Waals surface area contributed by atoms with E-state index in [-0.39, 0.29) is 0 Å². The minimum absolute atomic E-state index is 0.738. The van der Waals surface area contributed by atoms with Crippen LogP contribution in [0, 0.1) is 6.92 Å². The molecule has 0 atom stereocenters. The Morgan fingerprint density at radius 3 is 2.42 bits per heavy atom. The average Bonchev–Trinajstić information content (AvgIpc) is 2.62. The first-order valence-electron chi connectivity index (χ1n) is 6.48. The summed E-state index contributed by atoms with van der Waals surface area (Å²) in [5.74, 6) is 0. The van der Waals surface area contributed by atoms with Crippen LogP contribution in [0.4, 0.5) is 0 Å². The first-order chi connectivity index (χ1) is 9.10. The molecule has 0 bridgehead atoms. The molecule has 1 aromatic heterocycles. The molecule has 0 saturated heterocycles.